The fourth-order valence-corrected chi connectivity index (χ4v) is 2.75. The van der Waals surface area contributed by atoms with E-state index in [1.54, 1.807) is 0 Å². The predicted octanol–water partition coefficient (Wildman–Crippen LogP) is 2.33. The summed E-state index contributed by atoms with van der Waals surface area (Å²) in [5.41, 5.74) is 4.91. The number of nitrogens with zero attached hydrogens (tertiary/aromatic N) is 1. The van der Waals surface area contributed by atoms with E-state index in [0.29, 0.717) is 6.39 Å². The van der Waals surface area contributed by atoms with Crippen LogP contribution in [0.15, 0.2) is 10.8 Å². The Hall–Kier alpha value is -1.57. The van der Waals surface area contributed by atoms with Gasteiger partial charge in [0, 0.05) is 12.6 Å². The Morgan fingerprint density at radius 2 is 2.10 bits per heavy atom. The van der Waals surface area contributed by atoms with Crippen LogP contribution in [0.2, 0.25) is 0 Å². The highest BCUT2D eigenvalue weighted by Gasteiger charge is 2.41. The van der Waals surface area contributed by atoms with E-state index in [2.05, 4.69) is 14.7 Å². The number of nitrogens with one attached hydrogen (secondary N) is 1. The second-order valence-corrected chi connectivity index (χ2v) is 5.24. The van der Waals surface area contributed by atoms with Gasteiger partial charge in [-0.3, -0.25) is 4.79 Å². The van der Waals surface area contributed by atoms with E-state index in [4.69, 9.17) is 5.73 Å². The normalized spacial score (nSPS) is 18.5. The summed E-state index contributed by atoms with van der Waals surface area (Å²) in [7, 11) is 0. The number of rotatable bonds is 4. The van der Waals surface area contributed by atoms with Crippen molar-refractivity contribution in [3.05, 3.63) is 17.8 Å². The summed E-state index contributed by atoms with van der Waals surface area (Å²) in [6.07, 6.45) is 0.967. The van der Waals surface area contributed by atoms with E-state index in [9.17, 15) is 18.0 Å². The molecule has 8 heteroatoms. The van der Waals surface area contributed by atoms with Crippen LogP contribution < -0.4 is 11.1 Å². The number of hydrogen-bond donors (Lipinski definition) is 2. The minimum Gasteiger partial charge on any atom is -0.438 e. The summed E-state index contributed by atoms with van der Waals surface area (Å²) >= 11 is 0. The Morgan fingerprint density at radius 1 is 1.43 bits per heavy atom. The second kappa shape index (κ2) is 6.46. The Kier molecular flexibility index (Phi) is 4.87. The lowest BCUT2D eigenvalue weighted by atomic mass is 9.84. The van der Waals surface area contributed by atoms with Gasteiger partial charge in [0.05, 0.1) is 0 Å². The summed E-state index contributed by atoms with van der Waals surface area (Å²) < 4.78 is 42.3. The van der Waals surface area contributed by atoms with E-state index in [-0.39, 0.29) is 18.5 Å². The van der Waals surface area contributed by atoms with Gasteiger partial charge >= 0.3 is 6.18 Å². The van der Waals surface area contributed by atoms with Crippen molar-refractivity contribution < 1.29 is 22.4 Å². The third-order valence-electron chi connectivity index (χ3n) is 3.83. The van der Waals surface area contributed by atoms with Gasteiger partial charge in [0.2, 0.25) is 5.76 Å². The zero-order valence-electron chi connectivity index (χ0n) is 11.4. The molecule has 1 aromatic rings. The molecule has 0 spiro atoms. The molecule has 5 nitrogen and oxygen atoms in total. The largest absolute Gasteiger partial charge is 0.452 e. The Labute approximate surface area is 120 Å². The molecule has 1 aromatic heterocycles. The number of carbonyl (C=O) groups excluding carboxylic acids is 1. The Bertz CT molecular complexity index is 481. The molecule has 118 valence electrons. The molecule has 0 aliphatic heterocycles. The van der Waals surface area contributed by atoms with Crippen LogP contribution in [-0.4, -0.2) is 23.5 Å². The summed E-state index contributed by atoms with van der Waals surface area (Å²) in [6, 6.07) is -0.337. The molecule has 1 unspecified atom stereocenters. The van der Waals surface area contributed by atoms with Crippen molar-refractivity contribution in [3.8, 4) is 0 Å². The van der Waals surface area contributed by atoms with Gasteiger partial charge in [0.1, 0.15) is 0 Å². The molecular weight excluding hydrogens is 287 g/mol. The molecule has 2 rings (SSSR count). The number of carbonyl (C=O) groups is 1. The molecule has 1 aliphatic carbocycles. The van der Waals surface area contributed by atoms with Crippen LogP contribution in [0.5, 0.6) is 0 Å². The lowest BCUT2D eigenvalue weighted by molar-refractivity contribution is -0.153. The molecule has 0 radical (unpaired) electrons. The van der Waals surface area contributed by atoms with Crippen molar-refractivity contribution >= 4 is 5.91 Å². The molecule has 21 heavy (non-hydrogen) atoms. The van der Waals surface area contributed by atoms with Gasteiger partial charge in [-0.15, -0.1) is 0 Å². The summed E-state index contributed by atoms with van der Waals surface area (Å²) in [5, 5.41) is 2.56. The summed E-state index contributed by atoms with van der Waals surface area (Å²) in [6.45, 7) is 0.190. The standard InChI is InChI=1S/C13H18F3N3O2/c14-13(15,16)11-10(18-7-21-11)12(20)19-9(6-17)8-4-2-1-3-5-8/h7-9H,1-6,17H2,(H,19,20). The smallest absolute Gasteiger partial charge is 0.438 e. The number of nitrogens with two attached hydrogens (primary N) is 1. The number of amides is 1. The van der Waals surface area contributed by atoms with Gasteiger partial charge in [-0.25, -0.2) is 4.98 Å². The molecular formula is C13H18F3N3O2. The maximum absolute atomic E-state index is 12.7. The molecule has 1 atom stereocenters. The van der Waals surface area contributed by atoms with Crippen LogP contribution in [0.4, 0.5) is 13.2 Å². The summed E-state index contributed by atoms with van der Waals surface area (Å²) in [5.74, 6) is -2.06. The van der Waals surface area contributed by atoms with Crippen LogP contribution in [0.1, 0.15) is 48.4 Å². The lowest BCUT2D eigenvalue weighted by Crippen LogP contribution is -2.46. The molecule has 0 aromatic carbocycles. The fourth-order valence-electron chi connectivity index (χ4n) is 2.75. The minimum absolute atomic E-state index is 0.190. The maximum Gasteiger partial charge on any atom is 0.452 e. The van der Waals surface area contributed by atoms with Gasteiger partial charge in [-0.05, 0) is 18.8 Å². The van der Waals surface area contributed by atoms with Crippen molar-refractivity contribution in [3.63, 3.8) is 0 Å². The molecule has 3 N–H and O–H groups in total. The van der Waals surface area contributed by atoms with Gasteiger partial charge in [-0.1, -0.05) is 19.3 Å². The quantitative estimate of drug-likeness (QED) is 0.894. The first kappa shape index (κ1) is 15.8. The molecule has 1 saturated carbocycles. The summed E-state index contributed by atoms with van der Waals surface area (Å²) in [4.78, 5) is 15.4. The molecule has 1 amide bonds. The van der Waals surface area contributed by atoms with Crippen LogP contribution >= 0.6 is 0 Å². The number of alkyl halides is 3. The van der Waals surface area contributed by atoms with Crippen molar-refractivity contribution in [1.82, 2.24) is 10.3 Å². The highest BCUT2D eigenvalue weighted by molar-refractivity contribution is 5.93. The van der Waals surface area contributed by atoms with Crippen LogP contribution in [0, 0.1) is 5.92 Å². The van der Waals surface area contributed by atoms with Crippen molar-refractivity contribution in [2.24, 2.45) is 11.7 Å². The second-order valence-electron chi connectivity index (χ2n) is 5.24. The zero-order chi connectivity index (χ0) is 15.5. The minimum atomic E-state index is -4.74. The number of halogens is 3. The molecule has 1 fully saturated rings. The van der Waals surface area contributed by atoms with E-state index in [1.807, 2.05) is 0 Å². The SMILES string of the molecule is NCC(NC(=O)c1ncoc1C(F)(F)F)C1CCCCC1. The Balaban J connectivity index is 2.07. The Morgan fingerprint density at radius 3 is 2.67 bits per heavy atom. The van der Waals surface area contributed by atoms with E-state index in [1.165, 1.54) is 0 Å². The molecule has 0 bridgehead atoms. The highest BCUT2D eigenvalue weighted by Crippen LogP contribution is 2.32. The van der Waals surface area contributed by atoms with E-state index in [0.717, 1.165) is 32.1 Å². The first-order valence-electron chi connectivity index (χ1n) is 6.95. The highest BCUT2D eigenvalue weighted by atomic mass is 19.4. The predicted molar refractivity (Wildman–Crippen MR) is 68.4 cm³/mol. The molecule has 1 aliphatic rings. The van der Waals surface area contributed by atoms with E-state index >= 15 is 0 Å². The topological polar surface area (TPSA) is 81.1 Å². The van der Waals surface area contributed by atoms with Crippen LogP contribution in [0.3, 0.4) is 0 Å². The zero-order valence-corrected chi connectivity index (χ0v) is 11.4. The molecule has 1 heterocycles. The van der Waals surface area contributed by atoms with Gasteiger partial charge in [0.15, 0.2) is 12.1 Å². The molecule has 0 saturated heterocycles. The maximum atomic E-state index is 12.7. The van der Waals surface area contributed by atoms with Gasteiger partial charge in [-0.2, -0.15) is 13.2 Å². The van der Waals surface area contributed by atoms with Gasteiger partial charge in [0.25, 0.3) is 5.91 Å². The first-order chi connectivity index (χ1) is 9.93. The van der Waals surface area contributed by atoms with Crippen LogP contribution in [0.25, 0.3) is 0 Å². The van der Waals surface area contributed by atoms with Crippen molar-refractivity contribution in [2.45, 2.75) is 44.3 Å². The third kappa shape index (κ3) is 3.75. The number of hydrogen-bond acceptors (Lipinski definition) is 4. The van der Waals surface area contributed by atoms with Gasteiger partial charge < -0.3 is 15.5 Å². The fraction of sp³-hybridized carbons (Fsp3) is 0.692. The average molecular weight is 305 g/mol. The number of oxazole rings is 1. The monoisotopic (exact) mass is 305 g/mol. The average Bonchev–Trinajstić information content (AvgIpc) is 2.95. The van der Waals surface area contributed by atoms with Crippen LogP contribution in [-0.2, 0) is 6.18 Å². The number of aromatic nitrogens is 1. The third-order valence-corrected chi connectivity index (χ3v) is 3.83. The van der Waals surface area contributed by atoms with E-state index < -0.39 is 23.5 Å². The lowest BCUT2D eigenvalue weighted by Gasteiger charge is -2.29. The van der Waals surface area contributed by atoms with Crippen molar-refractivity contribution in [2.75, 3.05) is 6.54 Å². The van der Waals surface area contributed by atoms with Crippen molar-refractivity contribution in [1.29, 1.82) is 0 Å². The first-order valence-corrected chi connectivity index (χ1v) is 6.95.